The molecule has 6 heteroatoms. The Labute approximate surface area is 181 Å². The van der Waals surface area contributed by atoms with Crippen molar-refractivity contribution in [2.45, 2.75) is 13.3 Å². The standard InChI is InChI=1S/C25H24N4O2/c1-3-18-4-6-19(7-5-18)24-13-14-27-17-29(24)20-8-10-21(11-9-20)31-22-12-15-28-23(16-22)25(30)26-2/h4-16H,3,17H2,1-2H3,(H,26,30). The number of aliphatic imine (C=N–C) groups is 1. The van der Waals surface area contributed by atoms with E-state index in [4.69, 9.17) is 4.74 Å². The van der Waals surface area contributed by atoms with E-state index in [-0.39, 0.29) is 5.91 Å². The third-order valence-corrected chi connectivity index (χ3v) is 5.08. The highest BCUT2D eigenvalue weighted by molar-refractivity contribution is 5.93. The molecule has 1 N–H and O–H groups in total. The second kappa shape index (κ2) is 9.26. The summed E-state index contributed by atoms with van der Waals surface area (Å²) in [4.78, 5) is 22.4. The van der Waals surface area contributed by atoms with E-state index < -0.39 is 0 Å². The van der Waals surface area contributed by atoms with Crippen molar-refractivity contribution in [1.82, 2.24) is 10.3 Å². The smallest absolute Gasteiger partial charge is 0.269 e. The number of anilines is 1. The van der Waals surface area contributed by atoms with Gasteiger partial charge in [-0.05, 0) is 54.0 Å². The largest absolute Gasteiger partial charge is 0.457 e. The lowest BCUT2D eigenvalue weighted by molar-refractivity contribution is 0.0958. The number of nitrogens with one attached hydrogen (secondary N) is 1. The fourth-order valence-corrected chi connectivity index (χ4v) is 3.36. The summed E-state index contributed by atoms with van der Waals surface area (Å²) < 4.78 is 5.91. The summed E-state index contributed by atoms with van der Waals surface area (Å²) in [5.74, 6) is 0.981. The number of aromatic nitrogens is 1. The van der Waals surface area contributed by atoms with Gasteiger partial charge in [0.2, 0.25) is 0 Å². The van der Waals surface area contributed by atoms with E-state index in [0.29, 0.717) is 23.9 Å². The molecule has 0 saturated carbocycles. The van der Waals surface area contributed by atoms with Gasteiger partial charge >= 0.3 is 0 Å². The molecular formula is C25H24N4O2. The van der Waals surface area contributed by atoms with Crippen molar-refractivity contribution < 1.29 is 9.53 Å². The summed E-state index contributed by atoms with van der Waals surface area (Å²) >= 11 is 0. The summed E-state index contributed by atoms with van der Waals surface area (Å²) in [7, 11) is 1.57. The number of hydrogen-bond donors (Lipinski definition) is 1. The van der Waals surface area contributed by atoms with E-state index in [1.54, 1.807) is 25.4 Å². The van der Waals surface area contributed by atoms with Crippen LogP contribution >= 0.6 is 0 Å². The number of amides is 1. The van der Waals surface area contributed by atoms with Crippen LogP contribution in [0.25, 0.3) is 5.70 Å². The highest BCUT2D eigenvalue weighted by Gasteiger charge is 2.16. The summed E-state index contributed by atoms with van der Waals surface area (Å²) in [5.41, 5.74) is 4.91. The van der Waals surface area contributed by atoms with Gasteiger partial charge in [0.25, 0.3) is 5.91 Å². The van der Waals surface area contributed by atoms with Crippen molar-refractivity contribution in [3.05, 3.63) is 89.8 Å². The van der Waals surface area contributed by atoms with E-state index in [0.717, 1.165) is 23.4 Å². The zero-order chi connectivity index (χ0) is 21.6. The number of pyridine rings is 1. The Morgan fingerprint density at radius 1 is 1.06 bits per heavy atom. The van der Waals surface area contributed by atoms with E-state index in [1.165, 1.54) is 5.56 Å². The lowest BCUT2D eigenvalue weighted by Crippen LogP contribution is -2.24. The number of benzene rings is 2. The molecule has 0 spiro atoms. The molecule has 3 aromatic rings. The van der Waals surface area contributed by atoms with Gasteiger partial charge in [0.05, 0.1) is 5.70 Å². The van der Waals surface area contributed by atoms with Gasteiger partial charge in [0, 0.05) is 31.2 Å². The molecule has 4 rings (SSSR count). The second-order valence-corrected chi connectivity index (χ2v) is 7.06. The van der Waals surface area contributed by atoms with Gasteiger partial charge in [0.1, 0.15) is 23.9 Å². The van der Waals surface area contributed by atoms with Crippen molar-refractivity contribution in [2.24, 2.45) is 4.99 Å². The third-order valence-electron chi connectivity index (χ3n) is 5.08. The molecule has 0 unspecified atom stereocenters. The molecule has 31 heavy (non-hydrogen) atoms. The molecule has 1 aliphatic rings. The van der Waals surface area contributed by atoms with Crippen molar-refractivity contribution >= 4 is 23.5 Å². The molecular weight excluding hydrogens is 388 g/mol. The normalized spacial score (nSPS) is 13.0. The zero-order valence-corrected chi connectivity index (χ0v) is 17.6. The SMILES string of the molecule is CCc1ccc(C2=CC=NCN2c2ccc(Oc3ccnc(C(=O)NC)c3)cc2)cc1. The minimum Gasteiger partial charge on any atom is -0.457 e. The van der Waals surface area contributed by atoms with Crippen molar-refractivity contribution in [3.8, 4) is 11.5 Å². The monoisotopic (exact) mass is 412 g/mol. The lowest BCUT2D eigenvalue weighted by atomic mass is 10.1. The zero-order valence-electron chi connectivity index (χ0n) is 17.6. The van der Waals surface area contributed by atoms with Crippen LogP contribution < -0.4 is 15.0 Å². The van der Waals surface area contributed by atoms with Crippen LogP contribution in [0.2, 0.25) is 0 Å². The maximum absolute atomic E-state index is 11.8. The lowest BCUT2D eigenvalue weighted by Gasteiger charge is -2.28. The molecule has 156 valence electrons. The van der Waals surface area contributed by atoms with Crippen LogP contribution in [0.1, 0.15) is 28.5 Å². The molecule has 0 aliphatic carbocycles. The highest BCUT2D eigenvalue weighted by atomic mass is 16.5. The van der Waals surface area contributed by atoms with Crippen LogP contribution in [0.3, 0.4) is 0 Å². The highest BCUT2D eigenvalue weighted by Crippen LogP contribution is 2.30. The molecule has 0 radical (unpaired) electrons. The Bertz CT molecular complexity index is 1120. The number of carbonyl (C=O) groups excluding carboxylic acids is 1. The Balaban J connectivity index is 1.52. The maximum Gasteiger partial charge on any atom is 0.269 e. The van der Waals surface area contributed by atoms with E-state index in [2.05, 4.69) is 51.4 Å². The van der Waals surface area contributed by atoms with Crippen molar-refractivity contribution in [3.63, 3.8) is 0 Å². The quantitative estimate of drug-likeness (QED) is 0.638. The number of allylic oxidation sites excluding steroid dienone is 1. The van der Waals surface area contributed by atoms with Gasteiger partial charge in [-0.15, -0.1) is 0 Å². The Hall–Kier alpha value is -3.93. The molecule has 1 amide bonds. The number of aryl methyl sites for hydroxylation is 1. The van der Waals surface area contributed by atoms with Gasteiger partial charge < -0.3 is 15.0 Å². The average Bonchev–Trinajstić information content (AvgIpc) is 2.84. The third kappa shape index (κ3) is 4.64. The molecule has 0 saturated heterocycles. The summed E-state index contributed by atoms with van der Waals surface area (Å²) in [6.45, 7) is 2.71. The van der Waals surface area contributed by atoms with E-state index in [1.807, 2.05) is 36.6 Å². The number of nitrogens with zero attached hydrogens (tertiary/aromatic N) is 3. The van der Waals surface area contributed by atoms with Gasteiger partial charge in [-0.2, -0.15) is 0 Å². The Kier molecular flexibility index (Phi) is 6.08. The molecule has 1 aromatic heterocycles. The van der Waals surface area contributed by atoms with Crippen molar-refractivity contribution in [2.75, 3.05) is 18.6 Å². The summed E-state index contributed by atoms with van der Waals surface area (Å²) in [5, 5.41) is 2.56. The maximum atomic E-state index is 11.8. The fourth-order valence-electron chi connectivity index (χ4n) is 3.36. The predicted molar refractivity (Wildman–Crippen MR) is 124 cm³/mol. The number of rotatable bonds is 6. The molecule has 6 nitrogen and oxygen atoms in total. The first kappa shape index (κ1) is 20.3. The number of hydrogen-bond acceptors (Lipinski definition) is 5. The van der Waals surface area contributed by atoms with Gasteiger partial charge in [-0.3, -0.25) is 14.8 Å². The van der Waals surface area contributed by atoms with Crippen LogP contribution in [-0.4, -0.2) is 30.8 Å². The Morgan fingerprint density at radius 2 is 1.84 bits per heavy atom. The average molecular weight is 412 g/mol. The summed E-state index contributed by atoms with van der Waals surface area (Å²) in [6, 6.07) is 19.8. The van der Waals surface area contributed by atoms with Crippen LogP contribution in [0.4, 0.5) is 5.69 Å². The topological polar surface area (TPSA) is 66.8 Å². The fraction of sp³-hybridized carbons (Fsp3) is 0.160. The minimum atomic E-state index is -0.252. The van der Waals surface area contributed by atoms with Crippen molar-refractivity contribution in [1.29, 1.82) is 0 Å². The molecule has 1 aliphatic heterocycles. The van der Waals surface area contributed by atoms with E-state index >= 15 is 0 Å². The van der Waals surface area contributed by atoms with Crippen LogP contribution in [-0.2, 0) is 6.42 Å². The number of carbonyl (C=O) groups is 1. The number of ether oxygens (including phenoxy) is 1. The van der Waals surface area contributed by atoms with Crippen LogP contribution in [0.15, 0.2) is 77.9 Å². The second-order valence-electron chi connectivity index (χ2n) is 7.06. The minimum absolute atomic E-state index is 0.252. The van der Waals surface area contributed by atoms with Gasteiger partial charge in [0.15, 0.2) is 0 Å². The first-order valence-electron chi connectivity index (χ1n) is 10.2. The molecule has 0 fully saturated rings. The van der Waals surface area contributed by atoms with Gasteiger partial charge in [-0.1, -0.05) is 31.2 Å². The van der Waals surface area contributed by atoms with Crippen LogP contribution in [0, 0.1) is 0 Å². The molecule has 0 bridgehead atoms. The Morgan fingerprint density at radius 3 is 2.55 bits per heavy atom. The van der Waals surface area contributed by atoms with Crippen LogP contribution in [0.5, 0.6) is 11.5 Å². The first-order chi connectivity index (χ1) is 15.2. The first-order valence-corrected chi connectivity index (χ1v) is 10.2. The molecule has 2 aromatic carbocycles. The summed E-state index contributed by atoms with van der Waals surface area (Å²) in [6.07, 6.45) is 6.46. The van der Waals surface area contributed by atoms with E-state index in [9.17, 15) is 4.79 Å². The molecule has 0 atom stereocenters. The van der Waals surface area contributed by atoms with Gasteiger partial charge in [-0.25, -0.2) is 0 Å². The predicted octanol–water partition coefficient (Wildman–Crippen LogP) is 4.69. The molecule has 2 heterocycles.